The number of anilines is 2. The van der Waals surface area contributed by atoms with Gasteiger partial charge in [-0.15, -0.1) is 6.58 Å². The molecule has 0 bridgehead atoms. The van der Waals surface area contributed by atoms with E-state index in [1.165, 1.54) is 9.31 Å². The molecule has 0 unspecified atom stereocenters. The number of nitrogens with zero attached hydrogens (tertiary/aromatic N) is 3. The first-order valence-electron chi connectivity index (χ1n) is 13.3. The molecular formula is C33H28ClN3O3S. The summed E-state index contributed by atoms with van der Waals surface area (Å²) in [5, 5.41) is 6.68. The third-order valence-corrected chi connectivity index (χ3v) is 9.93. The Bertz CT molecular complexity index is 1760. The average Bonchev–Trinajstić information content (AvgIpc) is 3.23. The summed E-state index contributed by atoms with van der Waals surface area (Å²) in [4.78, 5) is 14.9. The third kappa shape index (κ3) is 4.28. The molecule has 0 saturated heterocycles. The van der Waals surface area contributed by atoms with Gasteiger partial charge >= 0.3 is 0 Å². The van der Waals surface area contributed by atoms with E-state index in [-0.39, 0.29) is 11.7 Å². The van der Waals surface area contributed by atoms with Gasteiger partial charge in [-0.25, -0.2) is 8.42 Å². The Kier molecular flexibility index (Phi) is 6.80. The van der Waals surface area contributed by atoms with E-state index in [9.17, 15) is 13.2 Å². The number of carbonyl (C=O) groups is 1. The topological polar surface area (TPSA) is 70.1 Å². The Morgan fingerprint density at radius 3 is 2.17 bits per heavy atom. The van der Waals surface area contributed by atoms with E-state index in [1.54, 1.807) is 55.5 Å². The summed E-state index contributed by atoms with van der Waals surface area (Å²) in [5.41, 5.74) is 2.22. The highest BCUT2D eigenvalue weighted by molar-refractivity contribution is 7.92. The van der Waals surface area contributed by atoms with Crippen molar-refractivity contribution in [1.29, 1.82) is 0 Å². The van der Waals surface area contributed by atoms with Crippen LogP contribution in [0.15, 0.2) is 127 Å². The molecule has 0 fully saturated rings. The molecule has 6 rings (SSSR count). The van der Waals surface area contributed by atoms with E-state index in [1.807, 2.05) is 66.7 Å². The lowest BCUT2D eigenvalue weighted by atomic mass is 9.60. The van der Waals surface area contributed by atoms with E-state index < -0.39 is 27.4 Å². The second kappa shape index (κ2) is 10.3. The lowest BCUT2D eigenvalue weighted by Crippen LogP contribution is -2.58. The Labute approximate surface area is 245 Å². The van der Waals surface area contributed by atoms with Gasteiger partial charge in [0.2, 0.25) is 10.0 Å². The molecule has 4 aromatic carbocycles. The van der Waals surface area contributed by atoms with Gasteiger partial charge in [-0.3, -0.25) is 9.10 Å². The van der Waals surface area contributed by atoms with Gasteiger partial charge in [0.25, 0.3) is 5.91 Å². The van der Waals surface area contributed by atoms with Crippen LogP contribution >= 0.6 is 11.6 Å². The first kappa shape index (κ1) is 27.0. The van der Waals surface area contributed by atoms with E-state index in [4.69, 9.17) is 16.7 Å². The van der Waals surface area contributed by atoms with Crippen LogP contribution in [0.2, 0.25) is 5.02 Å². The van der Waals surface area contributed by atoms with Gasteiger partial charge in [0, 0.05) is 10.9 Å². The molecule has 1 spiro atoms. The average molecular weight is 582 g/mol. The molecule has 2 aliphatic heterocycles. The SMILES string of the molecule is C=C[C@H]1c2ccccc2N(S(=O)(=O)Cc2ccccc2)[C@@H](c2ccccc2)[C@]12C(=O)N(c1ccc(Cl)cc1)N=C2C. The predicted octanol–water partition coefficient (Wildman–Crippen LogP) is 7.11. The molecule has 0 aromatic heterocycles. The zero-order valence-electron chi connectivity index (χ0n) is 22.4. The van der Waals surface area contributed by atoms with Crippen LogP contribution in [0, 0.1) is 5.41 Å². The molecular weight excluding hydrogens is 554 g/mol. The van der Waals surface area contributed by atoms with Gasteiger partial charge in [-0.05, 0) is 53.9 Å². The van der Waals surface area contributed by atoms with Crippen molar-refractivity contribution in [3.8, 4) is 0 Å². The number of hydrogen-bond acceptors (Lipinski definition) is 4. The van der Waals surface area contributed by atoms with Crippen LogP contribution < -0.4 is 9.31 Å². The number of allylic oxidation sites excluding steroid dienone is 1. The van der Waals surface area contributed by atoms with Crippen LogP contribution in [0.25, 0.3) is 0 Å². The van der Waals surface area contributed by atoms with Crippen molar-refractivity contribution in [3.63, 3.8) is 0 Å². The summed E-state index contributed by atoms with van der Waals surface area (Å²) in [7, 11) is -4.02. The molecule has 2 aliphatic rings. The second-order valence-electron chi connectivity index (χ2n) is 10.3. The number of hydrazone groups is 1. The number of benzene rings is 4. The molecule has 0 aliphatic carbocycles. The van der Waals surface area contributed by atoms with E-state index >= 15 is 0 Å². The van der Waals surface area contributed by atoms with Crippen molar-refractivity contribution in [1.82, 2.24) is 0 Å². The Balaban J connectivity index is 1.64. The fraction of sp³-hybridized carbons (Fsp3) is 0.152. The van der Waals surface area contributed by atoms with Gasteiger partial charge in [0.1, 0.15) is 5.41 Å². The largest absolute Gasteiger partial charge is 0.271 e. The summed E-state index contributed by atoms with van der Waals surface area (Å²) in [5.74, 6) is -1.11. The molecule has 8 heteroatoms. The first-order valence-corrected chi connectivity index (χ1v) is 15.3. The lowest BCUT2D eigenvalue weighted by Gasteiger charge is -2.51. The van der Waals surface area contributed by atoms with Crippen molar-refractivity contribution in [3.05, 3.63) is 144 Å². The van der Waals surface area contributed by atoms with Crippen molar-refractivity contribution in [2.75, 3.05) is 9.31 Å². The minimum atomic E-state index is -4.02. The minimum absolute atomic E-state index is 0.231. The summed E-state index contributed by atoms with van der Waals surface area (Å²) >= 11 is 6.14. The van der Waals surface area contributed by atoms with Gasteiger partial charge < -0.3 is 0 Å². The molecule has 2 heterocycles. The maximum atomic E-state index is 14.9. The summed E-state index contributed by atoms with van der Waals surface area (Å²) in [6.45, 7) is 5.95. The molecule has 0 N–H and O–H groups in total. The summed E-state index contributed by atoms with van der Waals surface area (Å²) in [6.07, 6.45) is 1.75. The van der Waals surface area contributed by atoms with Gasteiger partial charge in [0.15, 0.2) is 0 Å². The minimum Gasteiger partial charge on any atom is -0.271 e. The zero-order valence-corrected chi connectivity index (χ0v) is 24.0. The quantitative estimate of drug-likeness (QED) is 0.228. The fourth-order valence-corrected chi connectivity index (χ4v) is 8.19. The van der Waals surface area contributed by atoms with Crippen LogP contribution in [0.5, 0.6) is 0 Å². The molecule has 41 heavy (non-hydrogen) atoms. The number of rotatable bonds is 6. The van der Waals surface area contributed by atoms with Crippen LogP contribution in [0.4, 0.5) is 11.4 Å². The van der Waals surface area contributed by atoms with Crippen molar-refractivity contribution >= 4 is 44.6 Å². The third-order valence-electron chi connectivity index (χ3n) is 7.97. The van der Waals surface area contributed by atoms with Crippen LogP contribution in [0.3, 0.4) is 0 Å². The molecule has 3 atom stereocenters. The lowest BCUT2D eigenvalue weighted by molar-refractivity contribution is -0.125. The number of para-hydroxylation sites is 1. The van der Waals surface area contributed by atoms with Gasteiger partial charge in [-0.1, -0.05) is 96.5 Å². The molecule has 4 aromatic rings. The molecule has 206 valence electrons. The molecule has 0 saturated carbocycles. The molecule has 6 nitrogen and oxygen atoms in total. The highest BCUT2D eigenvalue weighted by atomic mass is 35.5. The maximum absolute atomic E-state index is 14.9. The standard InChI is InChI=1S/C33H28ClN3O3S/c1-3-29-28-16-10-11-17-30(28)37(41(39,40)22-24-12-6-4-7-13-24)31(25-14-8-5-9-15-25)33(29)23(2)35-36(32(33)38)27-20-18-26(34)19-21-27/h3-21,29,31H,1,22H2,2H3/t29-,31-,33+/m0/s1. The van der Waals surface area contributed by atoms with Gasteiger partial charge in [-0.2, -0.15) is 10.1 Å². The maximum Gasteiger partial charge on any atom is 0.262 e. The monoisotopic (exact) mass is 581 g/mol. The number of carbonyl (C=O) groups excluding carboxylic acids is 1. The zero-order chi connectivity index (χ0) is 28.8. The highest BCUT2D eigenvalue weighted by Gasteiger charge is 2.65. The smallest absolute Gasteiger partial charge is 0.262 e. The summed E-state index contributed by atoms with van der Waals surface area (Å²) < 4.78 is 30.6. The van der Waals surface area contributed by atoms with Crippen LogP contribution in [-0.2, 0) is 20.6 Å². The number of fused-ring (bicyclic) bond motifs is 1. The van der Waals surface area contributed by atoms with Crippen LogP contribution in [-0.4, -0.2) is 20.0 Å². The van der Waals surface area contributed by atoms with Gasteiger partial charge in [0.05, 0.1) is 28.9 Å². The normalized spacial score (nSPS) is 22.0. The number of halogens is 1. The molecule has 0 radical (unpaired) electrons. The first-order chi connectivity index (χ1) is 19.8. The number of sulfonamides is 1. The number of hydrogen-bond donors (Lipinski definition) is 0. The summed E-state index contributed by atoms with van der Waals surface area (Å²) in [6, 6.07) is 31.7. The number of amides is 1. The Morgan fingerprint density at radius 1 is 0.902 bits per heavy atom. The predicted molar refractivity (Wildman–Crippen MR) is 165 cm³/mol. The Hall–Kier alpha value is -4.20. The second-order valence-corrected chi connectivity index (χ2v) is 12.6. The van der Waals surface area contributed by atoms with E-state index in [0.29, 0.717) is 38.8 Å². The van der Waals surface area contributed by atoms with Crippen molar-refractivity contribution in [2.45, 2.75) is 24.6 Å². The Morgan fingerprint density at radius 2 is 1.51 bits per heavy atom. The molecule has 1 amide bonds. The van der Waals surface area contributed by atoms with Crippen LogP contribution in [0.1, 0.15) is 35.6 Å². The highest BCUT2D eigenvalue weighted by Crippen LogP contribution is 2.61. The van der Waals surface area contributed by atoms with E-state index in [0.717, 1.165) is 0 Å². The fourth-order valence-electron chi connectivity index (χ4n) is 6.24. The van der Waals surface area contributed by atoms with E-state index in [2.05, 4.69) is 6.58 Å². The van der Waals surface area contributed by atoms with Crippen molar-refractivity contribution < 1.29 is 13.2 Å². The van der Waals surface area contributed by atoms with Crippen molar-refractivity contribution in [2.24, 2.45) is 10.5 Å².